The summed E-state index contributed by atoms with van der Waals surface area (Å²) in [7, 11) is 0. The van der Waals surface area contributed by atoms with Crippen LogP contribution >= 0.6 is 0 Å². The van der Waals surface area contributed by atoms with Gasteiger partial charge in [0.2, 0.25) is 0 Å². The fraction of sp³-hybridized carbons (Fsp3) is 0.417. The highest BCUT2D eigenvalue weighted by Crippen LogP contribution is 2.13. The summed E-state index contributed by atoms with van der Waals surface area (Å²) < 4.78 is 14.4. The van der Waals surface area contributed by atoms with Gasteiger partial charge in [-0.2, -0.15) is 0 Å². The van der Waals surface area contributed by atoms with E-state index in [2.05, 4.69) is 4.74 Å². The lowest BCUT2D eigenvalue weighted by Gasteiger charge is -2.20. The van der Waals surface area contributed by atoms with Crippen molar-refractivity contribution in [2.75, 3.05) is 6.61 Å². The number of cyclic esters (lactones) is 2. The van der Waals surface area contributed by atoms with E-state index in [1.165, 1.54) is 0 Å². The molecule has 4 heteroatoms. The summed E-state index contributed by atoms with van der Waals surface area (Å²) in [5, 5.41) is 0. The molecule has 1 aliphatic rings. The predicted octanol–water partition coefficient (Wildman–Crippen LogP) is 3.19. The Kier molecular flexibility index (Phi) is 3.29. The Morgan fingerprint density at radius 2 is 1.88 bits per heavy atom. The van der Waals surface area contributed by atoms with Crippen molar-refractivity contribution >= 4 is 17.3 Å². The molecular weight excluding hydrogens is 208 g/mol. The second-order valence-corrected chi connectivity index (χ2v) is 3.61. The number of carbonyl (C=O) groups excluding carboxylic acids is 1. The molecule has 1 fully saturated rings. The Bertz CT molecular complexity index is 389. The zero-order valence-electron chi connectivity index (χ0n) is 9.14. The van der Waals surface area contributed by atoms with Crippen molar-refractivity contribution in [2.45, 2.75) is 25.9 Å². The zero-order valence-corrected chi connectivity index (χ0v) is 9.14. The number of rotatable bonds is 1. The van der Waals surface area contributed by atoms with Crippen LogP contribution in [0.3, 0.4) is 0 Å². The summed E-state index contributed by atoms with van der Waals surface area (Å²) in [5.74, 6) is 0. The number of benzene rings is 1. The van der Waals surface area contributed by atoms with Crippen molar-refractivity contribution in [3.05, 3.63) is 24.3 Å². The standard InChI is InChI=1S/C6H10O3.C6H4O/c1-2-5-3-4-8-6(7)9-5;1-2-6-4-3-5(1)7-6/h5H,2-4H2,1H3;1-4H. The molecule has 0 radical (unpaired) electrons. The van der Waals surface area contributed by atoms with Crippen molar-refractivity contribution in [1.29, 1.82) is 0 Å². The maximum Gasteiger partial charge on any atom is 0.508 e. The van der Waals surface area contributed by atoms with Gasteiger partial charge in [-0.15, -0.1) is 0 Å². The van der Waals surface area contributed by atoms with Gasteiger partial charge in [0.25, 0.3) is 0 Å². The highest BCUT2D eigenvalue weighted by molar-refractivity contribution is 5.60. The summed E-state index contributed by atoms with van der Waals surface area (Å²) in [6.45, 7) is 2.50. The first-order valence-electron chi connectivity index (χ1n) is 5.39. The Balaban J connectivity index is 0.000000123. The van der Waals surface area contributed by atoms with E-state index in [1.54, 1.807) is 0 Å². The molecule has 16 heavy (non-hydrogen) atoms. The monoisotopic (exact) mass is 222 g/mol. The highest BCUT2D eigenvalue weighted by atomic mass is 16.7. The first-order chi connectivity index (χ1) is 7.78. The molecule has 0 spiro atoms. The molecule has 1 aliphatic heterocycles. The van der Waals surface area contributed by atoms with Gasteiger partial charge in [0, 0.05) is 6.42 Å². The molecule has 1 atom stereocenters. The van der Waals surface area contributed by atoms with Crippen LogP contribution in [0.4, 0.5) is 4.79 Å². The van der Waals surface area contributed by atoms with Crippen LogP contribution < -0.4 is 0 Å². The maximum atomic E-state index is 10.4. The number of ether oxygens (including phenoxy) is 2. The van der Waals surface area contributed by atoms with E-state index in [0.29, 0.717) is 6.61 Å². The smallest absolute Gasteiger partial charge is 0.457 e. The van der Waals surface area contributed by atoms with Gasteiger partial charge < -0.3 is 13.9 Å². The van der Waals surface area contributed by atoms with Crippen molar-refractivity contribution in [2.24, 2.45) is 0 Å². The van der Waals surface area contributed by atoms with Gasteiger partial charge in [0.05, 0.1) is 6.61 Å². The maximum absolute atomic E-state index is 10.4. The molecule has 86 valence electrons. The molecule has 3 heterocycles. The lowest BCUT2D eigenvalue weighted by Crippen LogP contribution is -2.26. The number of fused-ring (bicyclic) bond motifs is 2. The van der Waals surface area contributed by atoms with E-state index >= 15 is 0 Å². The Morgan fingerprint density at radius 3 is 2.19 bits per heavy atom. The lowest BCUT2D eigenvalue weighted by molar-refractivity contribution is -0.0233. The normalized spacial score (nSPS) is 19.8. The van der Waals surface area contributed by atoms with Crippen LogP contribution in [-0.2, 0) is 9.47 Å². The van der Waals surface area contributed by atoms with Gasteiger partial charge in [0.15, 0.2) is 0 Å². The molecule has 3 rings (SSSR count). The topological polar surface area (TPSA) is 48.7 Å². The quantitative estimate of drug-likeness (QED) is 0.695. The third-order valence-corrected chi connectivity index (χ3v) is 2.44. The number of hydrogen-bond acceptors (Lipinski definition) is 4. The minimum atomic E-state index is -0.520. The third kappa shape index (κ3) is 2.66. The molecular formula is C12H14O4. The van der Waals surface area contributed by atoms with Crippen LogP contribution in [0.15, 0.2) is 28.7 Å². The van der Waals surface area contributed by atoms with Gasteiger partial charge >= 0.3 is 6.16 Å². The first kappa shape index (κ1) is 10.8. The van der Waals surface area contributed by atoms with Crippen LogP contribution in [0.1, 0.15) is 19.8 Å². The van der Waals surface area contributed by atoms with Crippen molar-refractivity contribution < 1.29 is 18.7 Å². The van der Waals surface area contributed by atoms with Gasteiger partial charge in [-0.05, 0) is 30.7 Å². The molecule has 2 bridgehead atoms. The third-order valence-electron chi connectivity index (χ3n) is 2.44. The van der Waals surface area contributed by atoms with Gasteiger partial charge in [0.1, 0.15) is 17.3 Å². The minimum absolute atomic E-state index is 0.0891. The summed E-state index contributed by atoms with van der Waals surface area (Å²) in [4.78, 5) is 10.4. The second kappa shape index (κ2) is 4.88. The number of carbonyl (C=O) groups is 1. The number of hydrogen-bond donors (Lipinski definition) is 0. The van der Waals surface area contributed by atoms with Gasteiger partial charge in [-0.3, -0.25) is 0 Å². The molecule has 2 aromatic heterocycles. The molecule has 1 unspecified atom stereocenters. The molecule has 0 aliphatic carbocycles. The van der Waals surface area contributed by atoms with Crippen molar-refractivity contribution in [3.8, 4) is 0 Å². The zero-order chi connectivity index (χ0) is 11.4. The van der Waals surface area contributed by atoms with Crippen LogP contribution in [0.25, 0.3) is 11.2 Å². The van der Waals surface area contributed by atoms with E-state index in [0.717, 1.165) is 24.0 Å². The van der Waals surface area contributed by atoms with Crippen LogP contribution in [0.2, 0.25) is 0 Å². The Hall–Kier alpha value is -1.71. The molecule has 0 amide bonds. The van der Waals surface area contributed by atoms with E-state index in [9.17, 15) is 4.79 Å². The lowest BCUT2D eigenvalue weighted by atomic mass is 10.2. The summed E-state index contributed by atoms with van der Waals surface area (Å²) in [5.41, 5.74) is 1.94. The summed E-state index contributed by atoms with van der Waals surface area (Å²) in [6.07, 6.45) is 1.29. The fourth-order valence-corrected chi connectivity index (χ4v) is 1.50. The predicted molar refractivity (Wildman–Crippen MR) is 58.5 cm³/mol. The minimum Gasteiger partial charge on any atom is -0.457 e. The van der Waals surface area contributed by atoms with Crippen LogP contribution in [-0.4, -0.2) is 18.9 Å². The summed E-state index contributed by atoms with van der Waals surface area (Å²) in [6, 6.07) is 7.81. The molecule has 1 saturated heterocycles. The fourth-order valence-electron chi connectivity index (χ4n) is 1.50. The van der Waals surface area contributed by atoms with Crippen LogP contribution in [0.5, 0.6) is 0 Å². The molecule has 2 aromatic rings. The molecule has 4 nitrogen and oxygen atoms in total. The average molecular weight is 222 g/mol. The summed E-state index contributed by atoms with van der Waals surface area (Å²) >= 11 is 0. The average Bonchev–Trinajstić information content (AvgIpc) is 2.94. The van der Waals surface area contributed by atoms with Crippen LogP contribution in [0, 0.1) is 0 Å². The molecule has 0 aromatic carbocycles. The number of furan rings is 2. The molecule has 0 saturated carbocycles. The second-order valence-electron chi connectivity index (χ2n) is 3.61. The van der Waals surface area contributed by atoms with E-state index in [1.807, 2.05) is 31.2 Å². The van der Waals surface area contributed by atoms with E-state index in [-0.39, 0.29) is 6.10 Å². The Labute approximate surface area is 93.5 Å². The first-order valence-corrected chi connectivity index (χ1v) is 5.39. The van der Waals surface area contributed by atoms with E-state index in [4.69, 9.17) is 9.15 Å². The Morgan fingerprint density at radius 1 is 1.25 bits per heavy atom. The van der Waals surface area contributed by atoms with Gasteiger partial charge in [-0.1, -0.05) is 6.92 Å². The largest absolute Gasteiger partial charge is 0.508 e. The van der Waals surface area contributed by atoms with Crippen molar-refractivity contribution in [1.82, 2.24) is 0 Å². The SMILES string of the molecule is CCC1CCOC(=O)O1.c1cc2ccc1o2. The highest BCUT2D eigenvalue weighted by Gasteiger charge is 2.18. The van der Waals surface area contributed by atoms with Crippen molar-refractivity contribution in [3.63, 3.8) is 0 Å². The van der Waals surface area contributed by atoms with E-state index < -0.39 is 6.16 Å². The van der Waals surface area contributed by atoms with Gasteiger partial charge in [-0.25, -0.2) is 4.79 Å². The molecule has 0 N–H and O–H groups in total.